The van der Waals surface area contributed by atoms with Gasteiger partial charge >= 0.3 is 0 Å². The SMILES string of the molecule is CCN(CCOC)Cc1ccc(N)cc1OC. The minimum Gasteiger partial charge on any atom is -0.496 e. The summed E-state index contributed by atoms with van der Waals surface area (Å²) in [5.41, 5.74) is 7.61. The van der Waals surface area contributed by atoms with Crippen LogP contribution in [0.2, 0.25) is 0 Å². The number of nitrogen functional groups attached to an aromatic ring is 1. The maximum atomic E-state index is 5.73. The van der Waals surface area contributed by atoms with E-state index in [1.165, 1.54) is 0 Å². The Kier molecular flexibility index (Phi) is 5.80. The van der Waals surface area contributed by atoms with E-state index in [1.54, 1.807) is 14.2 Å². The monoisotopic (exact) mass is 238 g/mol. The van der Waals surface area contributed by atoms with Crippen LogP contribution in [0.5, 0.6) is 5.75 Å². The topological polar surface area (TPSA) is 47.7 Å². The third-order valence-corrected chi connectivity index (χ3v) is 2.76. The number of ether oxygens (including phenoxy) is 2. The summed E-state index contributed by atoms with van der Waals surface area (Å²) in [5.74, 6) is 0.848. The van der Waals surface area contributed by atoms with Crippen molar-refractivity contribution < 1.29 is 9.47 Å². The molecule has 1 aromatic carbocycles. The van der Waals surface area contributed by atoms with Gasteiger partial charge < -0.3 is 15.2 Å². The van der Waals surface area contributed by atoms with Gasteiger partial charge in [-0.15, -0.1) is 0 Å². The van der Waals surface area contributed by atoms with Crippen molar-refractivity contribution in [2.75, 3.05) is 39.6 Å². The molecule has 1 aromatic rings. The highest BCUT2D eigenvalue weighted by Crippen LogP contribution is 2.22. The van der Waals surface area contributed by atoms with Gasteiger partial charge in [0.15, 0.2) is 0 Å². The van der Waals surface area contributed by atoms with Crippen molar-refractivity contribution in [3.63, 3.8) is 0 Å². The molecular weight excluding hydrogens is 216 g/mol. The lowest BCUT2D eigenvalue weighted by atomic mass is 10.1. The number of rotatable bonds is 7. The van der Waals surface area contributed by atoms with Gasteiger partial charge in [-0.3, -0.25) is 4.90 Å². The Hall–Kier alpha value is -1.26. The molecule has 1 rings (SSSR count). The van der Waals surface area contributed by atoms with Crippen molar-refractivity contribution in [2.24, 2.45) is 0 Å². The van der Waals surface area contributed by atoms with Gasteiger partial charge in [-0.25, -0.2) is 0 Å². The Labute approximate surface area is 103 Å². The molecule has 0 heterocycles. The number of nitrogens with two attached hydrogens (primary N) is 1. The fraction of sp³-hybridized carbons (Fsp3) is 0.538. The molecule has 0 bridgehead atoms. The second-order valence-corrected chi connectivity index (χ2v) is 3.93. The van der Waals surface area contributed by atoms with Gasteiger partial charge in [-0.05, 0) is 12.6 Å². The van der Waals surface area contributed by atoms with Crippen LogP contribution in [0.1, 0.15) is 12.5 Å². The lowest BCUT2D eigenvalue weighted by molar-refractivity contribution is 0.147. The first-order valence-corrected chi connectivity index (χ1v) is 5.85. The van der Waals surface area contributed by atoms with Crippen LogP contribution < -0.4 is 10.5 Å². The minimum absolute atomic E-state index is 0.727. The molecule has 17 heavy (non-hydrogen) atoms. The van der Waals surface area contributed by atoms with Crippen molar-refractivity contribution in [3.05, 3.63) is 23.8 Å². The number of nitrogens with zero attached hydrogens (tertiary/aromatic N) is 1. The molecule has 0 aliphatic carbocycles. The number of benzene rings is 1. The predicted octanol–water partition coefficient (Wildman–Crippen LogP) is 1.75. The van der Waals surface area contributed by atoms with Crippen LogP contribution in [-0.4, -0.2) is 38.8 Å². The number of anilines is 1. The molecule has 0 aliphatic heterocycles. The van der Waals surface area contributed by atoms with E-state index < -0.39 is 0 Å². The molecule has 0 amide bonds. The number of hydrogen-bond donors (Lipinski definition) is 1. The van der Waals surface area contributed by atoms with Gasteiger partial charge in [0.05, 0.1) is 13.7 Å². The molecule has 2 N–H and O–H groups in total. The van der Waals surface area contributed by atoms with Gasteiger partial charge in [-0.1, -0.05) is 13.0 Å². The average molecular weight is 238 g/mol. The standard InChI is InChI=1S/C13H22N2O2/c1-4-15(7-8-16-2)10-11-5-6-12(14)9-13(11)17-3/h5-6,9H,4,7-8,10,14H2,1-3H3. The fourth-order valence-electron chi connectivity index (χ4n) is 1.70. The third-order valence-electron chi connectivity index (χ3n) is 2.76. The Balaban J connectivity index is 2.71. The van der Waals surface area contributed by atoms with Crippen LogP contribution in [-0.2, 0) is 11.3 Å². The normalized spacial score (nSPS) is 10.8. The van der Waals surface area contributed by atoms with Crippen LogP contribution in [0.4, 0.5) is 5.69 Å². The van der Waals surface area contributed by atoms with Crippen molar-refractivity contribution in [3.8, 4) is 5.75 Å². The highest BCUT2D eigenvalue weighted by molar-refractivity contribution is 5.48. The lowest BCUT2D eigenvalue weighted by Crippen LogP contribution is -2.26. The van der Waals surface area contributed by atoms with E-state index in [0.29, 0.717) is 0 Å². The highest BCUT2D eigenvalue weighted by atomic mass is 16.5. The molecular formula is C13H22N2O2. The molecule has 0 saturated heterocycles. The van der Waals surface area contributed by atoms with Gasteiger partial charge in [0, 0.05) is 37.5 Å². The molecule has 4 nitrogen and oxygen atoms in total. The van der Waals surface area contributed by atoms with E-state index in [1.807, 2.05) is 18.2 Å². The second kappa shape index (κ2) is 7.14. The zero-order valence-electron chi connectivity index (χ0n) is 10.9. The van der Waals surface area contributed by atoms with Crippen LogP contribution >= 0.6 is 0 Å². The third kappa shape index (κ3) is 4.24. The first kappa shape index (κ1) is 13.8. The Bertz CT molecular complexity index is 342. The summed E-state index contributed by atoms with van der Waals surface area (Å²) in [7, 11) is 3.39. The molecule has 0 aliphatic rings. The number of likely N-dealkylation sites (N-methyl/N-ethyl adjacent to an activating group) is 1. The van der Waals surface area contributed by atoms with Crippen molar-refractivity contribution in [1.29, 1.82) is 0 Å². The van der Waals surface area contributed by atoms with E-state index in [0.717, 1.165) is 43.2 Å². The molecule has 0 spiro atoms. The van der Waals surface area contributed by atoms with Crippen molar-refractivity contribution in [1.82, 2.24) is 4.90 Å². The number of methoxy groups -OCH3 is 2. The molecule has 0 atom stereocenters. The zero-order valence-corrected chi connectivity index (χ0v) is 10.9. The molecule has 0 radical (unpaired) electrons. The van der Waals surface area contributed by atoms with Gasteiger partial charge in [-0.2, -0.15) is 0 Å². The molecule has 0 unspecified atom stereocenters. The van der Waals surface area contributed by atoms with Crippen LogP contribution in [0, 0.1) is 0 Å². The predicted molar refractivity (Wildman–Crippen MR) is 70.2 cm³/mol. The Morgan fingerprint density at radius 2 is 2.06 bits per heavy atom. The quantitative estimate of drug-likeness (QED) is 0.735. The summed E-state index contributed by atoms with van der Waals surface area (Å²) in [6.07, 6.45) is 0. The lowest BCUT2D eigenvalue weighted by Gasteiger charge is -2.21. The molecule has 0 fully saturated rings. The minimum atomic E-state index is 0.727. The van der Waals surface area contributed by atoms with Crippen LogP contribution in [0.3, 0.4) is 0 Å². The summed E-state index contributed by atoms with van der Waals surface area (Å²) in [6, 6.07) is 5.78. The van der Waals surface area contributed by atoms with E-state index in [4.69, 9.17) is 15.2 Å². The van der Waals surface area contributed by atoms with E-state index >= 15 is 0 Å². The summed E-state index contributed by atoms with van der Waals surface area (Å²) in [6.45, 7) is 5.63. The molecule has 0 saturated carbocycles. The van der Waals surface area contributed by atoms with Gasteiger partial charge in [0.2, 0.25) is 0 Å². The average Bonchev–Trinajstić information content (AvgIpc) is 2.35. The molecule has 96 valence electrons. The fourth-order valence-corrected chi connectivity index (χ4v) is 1.70. The summed E-state index contributed by atoms with van der Waals surface area (Å²) >= 11 is 0. The van der Waals surface area contributed by atoms with Gasteiger partial charge in [0.1, 0.15) is 5.75 Å². The van der Waals surface area contributed by atoms with E-state index in [-0.39, 0.29) is 0 Å². The highest BCUT2D eigenvalue weighted by Gasteiger charge is 2.08. The summed E-state index contributed by atoms with van der Waals surface area (Å²) in [4.78, 5) is 2.30. The van der Waals surface area contributed by atoms with E-state index in [2.05, 4.69) is 11.8 Å². The summed E-state index contributed by atoms with van der Waals surface area (Å²) in [5, 5.41) is 0. The Morgan fingerprint density at radius 3 is 2.65 bits per heavy atom. The maximum absolute atomic E-state index is 5.73. The smallest absolute Gasteiger partial charge is 0.125 e. The molecule has 4 heteroatoms. The summed E-state index contributed by atoms with van der Waals surface area (Å²) < 4.78 is 10.4. The second-order valence-electron chi connectivity index (χ2n) is 3.93. The first-order chi connectivity index (χ1) is 8.21. The van der Waals surface area contributed by atoms with Crippen molar-refractivity contribution in [2.45, 2.75) is 13.5 Å². The van der Waals surface area contributed by atoms with E-state index in [9.17, 15) is 0 Å². The maximum Gasteiger partial charge on any atom is 0.125 e. The first-order valence-electron chi connectivity index (χ1n) is 5.85. The zero-order chi connectivity index (χ0) is 12.7. The van der Waals surface area contributed by atoms with Gasteiger partial charge in [0.25, 0.3) is 0 Å². The largest absolute Gasteiger partial charge is 0.496 e. The molecule has 0 aromatic heterocycles. The van der Waals surface area contributed by atoms with Crippen LogP contribution in [0.15, 0.2) is 18.2 Å². The van der Waals surface area contributed by atoms with Crippen LogP contribution in [0.25, 0.3) is 0 Å². The van der Waals surface area contributed by atoms with Crippen molar-refractivity contribution >= 4 is 5.69 Å². The number of hydrogen-bond acceptors (Lipinski definition) is 4. The Morgan fingerprint density at radius 1 is 1.29 bits per heavy atom.